The van der Waals surface area contributed by atoms with Gasteiger partial charge < -0.3 is 0 Å². The molecule has 1 rings (SSSR count). The third-order valence-electron chi connectivity index (χ3n) is 1.19. The lowest BCUT2D eigenvalue weighted by Gasteiger charge is -1.96. The number of rotatable bonds is 1. The molecule has 11 heavy (non-hydrogen) atoms. The Morgan fingerprint density at radius 2 is 2.18 bits per heavy atom. The van der Waals surface area contributed by atoms with Crippen LogP contribution >= 0.6 is 15.9 Å². The highest BCUT2D eigenvalue weighted by Crippen LogP contribution is 2.14. The van der Waals surface area contributed by atoms with Crippen LogP contribution in [0.15, 0.2) is 22.7 Å². The number of hydrogen-bond donors (Lipinski definition) is 0. The molecule has 0 heterocycles. The van der Waals surface area contributed by atoms with Gasteiger partial charge in [0.05, 0.1) is 4.92 Å². The lowest BCUT2D eigenvalue weighted by molar-refractivity contribution is -0.383. The Morgan fingerprint density at radius 3 is 2.64 bits per heavy atom. The molecule has 0 fully saturated rings. The minimum Gasteiger partial charge on any atom is -0.258 e. The van der Waals surface area contributed by atoms with Gasteiger partial charge in [0.25, 0.3) is 5.69 Å². The Kier molecular flexibility index (Phi) is 2.29. The van der Waals surface area contributed by atoms with Gasteiger partial charge in [-0.05, 0) is 11.5 Å². The molecule has 5 heteroatoms. The van der Waals surface area contributed by atoms with E-state index in [2.05, 4.69) is 15.9 Å². The molecule has 0 N–H and O–H groups in total. The maximum atomic E-state index is 10.3. The van der Waals surface area contributed by atoms with Crippen molar-refractivity contribution in [3.05, 3.63) is 32.8 Å². The summed E-state index contributed by atoms with van der Waals surface area (Å²) in [4.78, 5) is 9.76. The van der Waals surface area contributed by atoms with Crippen LogP contribution in [0.3, 0.4) is 0 Å². The van der Waals surface area contributed by atoms with E-state index in [4.69, 9.17) is 7.85 Å². The molecular weight excluding hydrogens is 209 g/mol. The number of nitro groups is 1. The smallest absolute Gasteiger partial charge is 0.258 e. The lowest BCUT2D eigenvalue weighted by atomic mass is 9.94. The van der Waals surface area contributed by atoms with Crippen LogP contribution in [0.5, 0.6) is 0 Å². The summed E-state index contributed by atoms with van der Waals surface area (Å²) in [7, 11) is 5.33. The molecule has 54 valence electrons. The Balaban J connectivity index is 3.23. The summed E-state index contributed by atoms with van der Waals surface area (Å²) in [5, 5.41) is 10.3. The normalized spacial score (nSPS) is 9.55. The predicted octanol–water partition coefficient (Wildman–Crippen LogP) is 1.15. The standard InChI is InChI=1S/C6H3BBrNO2/c7-5-2-1-4(8)3-6(5)9(10)11/h1-3H. The van der Waals surface area contributed by atoms with Gasteiger partial charge in [-0.3, -0.25) is 10.1 Å². The average Bonchev–Trinajstić information content (AvgIpc) is 1.94. The maximum Gasteiger partial charge on any atom is 0.263 e. The summed E-state index contributed by atoms with van der Waals surface area (Å²) in [6, 6.07) is 4.51. The van der Waals surface area contributed by atoms with Crippen molar-refractivity contribution in [3.8, 4) is 0 Å². The molecule has 0 atom stereocenters. The molecule has 0 aromatic heterocycles. The van der Waals surface area contributed by atoms with Gasteiger partial charge in [0.1, 0.15) is 7.85 Å². The second-order valence-corrected chi connectivity index (χ2v) is 2.88. The van der Waals surface area contributed by atoms with E-state index in [1.54, 1.807) is 6.07 Å². The van der Waals surface area contributed by atoms with Gasteiger partial charge in [0.15, 0.2) is 0 Å². The van der Waals surface area contributed by atoms with E-state index in [9.17, 15) is 10.1 Å². The van der Waals surface area contributed by atoms with Gasteiger partial charge in [-0.1, -0.05) is 22.0 Å². The lowest BCUT2D eigenvalue weighted by Crippen LogP contribution is -2.08. The highest BCUT2D eigenvalue weighted by atomic mass is 79.9. The van der Waals surface area contributed by atoms with Gasteiger partial charge in [-0.25, -0.2) is 0 Å². The molecule has 0 saturated heterocycles. The Morgan fingerprint density at radius 1 is 1.55 bits per heavy atom. The monoisotopic (exact) mass is 211 g/mol. The molecule has 0 amide bonds. The summed E-state index contributed by atoms with van der Waals surface area (Å²) >= 11 is 3.10. The highest BCUT2D eigenvalue weighted by Gasteiger charge is 2.08. The first-order chi connectivity index (χ1) is 5.11. The fourth-order valence-corrected chi connectivity index (χ4v) is 1.02. The average molecular weight is 212 g/mol. The molecule has 0 unspecified atom stereocenters. The second-order valence-electron chi connectivity index (χ2n) is 1.96. The van der Waals surface area contributed by atoms with Crippen molar-refractivity contribution in [3.63, 3.8) is 0 Å². The summed E-state index contributed by atoms with van der Waals surface area (Å²) in [6.45, 7) is 0. The van der Waals surface area contributed by atoms with E-state index >= 15 is 0 Å². The van der Waals surface area contributed by atoms with E-state index in [1.807, 2.05) is 0 Å². The van der Waals surface area contributed by atoms with E-state index < -0.39 is 4.92 Å². The second kappa shape index (κ2) is 3.05. The van der Waals surface area contributed by atoms with Crippen molar-refractivity contribution in [2.75, 3.05) is 0 Å². The van der Waals surface area contributed by atoms with Crippen LogP contribution in [0.1, 0.15) is 0 Å². The number of nitrogens with zero attached hydrogens (tertiary/aromatic N) is 1. The van der Waals surface area contributed by atoms with Crippen molar-refractivity contribution in [2.24, 2.45) is 0 Å². The first-order valence-corrected chi connectivity index (χ1v) is 3.60. The minimum atomic E-state index is -0.514. The van der Waals surface area contributed by atoms with Gasteiger partial charge in [0.2, 0.25) is 0 Å². The molecule has 0 saturated carbocycles. The number of benzene rings is 1. The molecule has 0 aliphatic carbocycles. The number of halogens is 1. The largest absolute Gasteiger partial charge is 0.263 e. The van der Waals surface area contributed by atoms with E-state index in [0.717, 1.165) is 0 Å². The molecule has 3 nitrogen and oxygen atoms in total. The van der Waals surface area contributed by atoms with Crippen LogP contribution < -0.4 is 5.46 Å². The van der Waals surface area contributed by atoms with Crippen molar-refractivity contribution in [1.82, 2.24) is 0 Å². The van der Waals surface area contributed by atoms with Crippen molar-refractivity contribution in [2.45, 2.75) is 0 Å². The molecule has 2 radical (unpaired) electrons. The van der Waals surface area contributed by atoms with Crippen LogP contribution in [0.2, 0.25) is 0 Å². The summed E-state index contributed by atoms with van der Waals surface area (Å²) in [5.74, 6) is 0. The van der Waals surface area contributed by atoms with E-state index in [0.29, 0.717) is 4.47 Å². The van der Waals surface area contributed by atoms with Crippen molar-refractivity contribution < 1.29 is 4.92 Å². The van der Waals surface area contributed by atoms with Crippen LogP contribution in [-0.4, -0.2) is 12.8 Å². The Labute approximate surface area is 73.1 Å². The SMILES string of the molecule is [B]c1ccc(Br)cc1[N+](=O)[O-]. The molecule has 0 aliphatic rings. The zero-order valence-corrected chi connectivity index (χ0v) is 7.04. The maximum absolute atomic E-state index is 10.3. The summed E-state index contributed by atoms with van der Waals surface area (Å²) in [5.41, 5.74) is 0.109. The molecule has 0 bridgehead atoms. The zero-order valence-electron chi connectivity index (χ0n) is 5.45. The van der Waals surface area contributed by atoms with Crippen molar-refractivity contribution in [1.29, 1.82) is 0 Å². The number of hydrogen-bond acceptors (Lipinski definition) is 2. The first kappa shape index (κ1) is 8.26. The fourth-order valence-electron chi connectivity index (χ4n) is 0.675. The van der Waals surface area contributed by atoms with Gasteiger partial charge in [-0.15, -0.1) is 0 Å². The highest BCUT2D eigenvalue weighted by molar-refractivity contribution is 9.10. The van der Waals surface area contributed by atoms with Crippen LogP contribution in [0.4, 0.5) is 5.69 Å². The predicted molar refractivity (Wildman–Crippen MR) is 46.2 cm³/mol. The van der Waals surface area contributed by atoms with E-state index in [1.165, 1.54) is 12.1 Å². The molecule has 1 aromatic carbocycles. The molecule has 0 spiro atoms. The third-order valence-corrected chi connectivity index (χ3v) is 1.68. The molecule has 1 aromatic rings. The molecular formula is C6H3BBrNO2. The van der Waals surface area contributed by atoms with Crippen LogP contribution in [-0.2, 0) is 0 Å². The Hall–Kier alpha value is -0.835. The van der Waals surface area contributed by atoms with Gasteiger partial charge >= 0.3 is 0 Å². The summed E-state index contributed by atoms with van der Waals surface area (Å²) in [6.07, 6.45) is 0. The van der Waals surface area contributed by atoms with Gasteiger partial charge in [0, 0.05) is 10.5 Å². The van der Waals surface area contributed by atoms with Crippen LogP contribution in [0, 0.1) is 10.1 Å². The van der Waals surface area contributed by atoms with E-state index in [-0.39, 0.29) is 11.2 Å². The third kappa shape index (κ3) is 1.80. The molecule has 0 aliphatic heterocycles. The fraction of sp³-hybridized carbons (Fsp3) is 0. The first-order valence-electron chi connectivity index (χ1n) is 2.80. The zero-order chi connectivity index (χ0) is 8.43. The summed E-state index contributed by atoms with van der Waals surface area (Å²) < 4.78 is 0.651. The quantitative estimate of drug-likeness (QED) is 0.398. The number of nitro benzene ring substituents is 1. The Bertz CT molecular complexity index is 303. The van der Waals surface area contributed by atoms with Crippen LogP contribution in [0.25, 0.3) is 0 Å². The van der Waals surface area contributed by atoms with Crippen molar-refractivity contribution >= 4 is 34.9 Å². The topological polar surface area (TPSA) is 43.1 Å². The minimum absolute atomic E-state index is 0.0700. The van der Waals surface area contributed by atoms with Gasteiger partial charge in [-0.2, -0.15) is 0 Å².